The second-order valence-electron chi connectivity index (χ2n) is 6.38. The van der Waals surface area contributed by atoms with E-state index in [1.54, 1.807) is 0 Å². The monoisotopic (exact) mass is 267 g/mol. The molecule has 0 radical (unpaired) electrons. The average Bonchev–Trinajstić information content (AvgIpc) is 2.77. The van der Waals surface area contributed by atoms with Crippen LogP contribution in [-0.2, 0) is 4.79 Å². The van der Waals surface area contributed by atoms with Crippen LogP contribution in [0.5, 0.6) is 0 Å². The number of likely N-dealkylation sites (tertiary alicyclic amines) is 2. The summed E-state index contributed by atoms with van der Waals surface area (Å²) < 4.78 is 0. The van der Waals surface area contributed by atoms with E-state index < -0.39 is 0 Å². The van der Waals surface area contributed by atoms with Crippen LogP contribution in [0.3, 0.4) is 0 Å². The fraction of sp³-hybridized carbons (Fsp3) is 0.933. The Bertz CT molecular complexity index is 287. The van der Waals surface area contributed by atoms with Crippen LogP contribution in [0.15, 0.2) is 0 Å². The normalized spacial score (nSPS) is 26.3. The van der Waals surface area contributed by atoms with Crippen LogP contribution in [0, 0.1) is 11.8 Å². The van der Waals surface area contributed by atoms with Crippen molar-refractivity contribution in [3.05, 3.63) is 0 Å². The summed E-state index contributed by atoms with van der Waals surface area (Å²) >= 11 is 0. The summed E-state index contributed by atoms with van der Waals surface area (Å²) in [5.41, 5.74) is 5.64. The number of unbranched alkanes of at least 4 members (excludes halogenated alkanes) is 1. The molecular formula is C15H29N3O. The molecule has 2 fully saturated rings. The molecule has 0 bridgehead atoms. The highest BCUT2D eigenvalue weighted by atomic mass is 16.2. The van der Waals surface area contributed by atoms with Crippen molar-refractivity contribution in [3.8, 4) is 0 Å². The van der Waals surface area contributed by atoms with Crippen molar-refractivity contribution in [1.82, 2.24) is 9.80 Å². The molecule has 0 aliphatic carbocycles. The number of rotatable bonds is 6. The van der Waals surface area contributed by atoms with Gasteiger partial charge in [0.25, 0.3) is 0 Å². The van der Waals surface area contributed by atoms with Crippen LogP contribution in [-0.4, -0.2) is 55.0 Å². The molecule has 1 atom stereocenters. The third-order valence-corrected chi connectivity index (χ3v) is 4.66. The lowest BCUT2D eigenvalue weighted by molar-refractivity contribution is -0.127. The molecule has 0 spiro atoms. The molecule has 2 aliphatic heterocycles. The lowest BCUT2D eigenvalue weighted by Gasteiger charge is -2.30. The first kappa shape index (κ1) is 14.8. The van der Waals surface area contributed by atoms with E-state index in [9.17, 15) is 4.79 Å². The predicted octanol–water partition coefficient (Wildman–Crippen LogP) is 1.31. The van der Waals surface area contributed by atoms with Gasteiger partial charge < -0.3 is 15.5 Å². The van der Waals surface area contributed by atoms with Crippen molar-refractivity contribution < 1.29 is 4.79 Å². The van der Waals surface area contributed by atoms with E-state index in [2.05, 4.69) is 11.8 Å². The molecule has 19 heavy (non-hydrogen) atoms. The van der Waals surface area contributed by atoms with E-state index in [0.717, 1.165) is 25.4 Å². The van der Waals surface area contributed by atoms with Crippen molar-refractivity contribution in [2.24, 2.45) is 17.6 Å². The summed E-state index contributed by atoms with van der Waals surface area (Å²) in [6.07, 6.45) is 5.71. The maximum absolute atomic E-state index is 11.7. The topological polar surface area (TPSA) is 49.6 Å². The van der Waals surface area contributed by atoms with Crippen molar-refractivity contribution in [1.29, 1.82) is 0 Å². The number of nitrogens with two attached hydrogens (primary N) is 1. The number of nitrogens with zero attached hydrogens (tertiary/aromatic N) is 2. The fourth-order valence-electron chi connectivity index (χ4n) is 3.15. The number of hydrogen-bond acceptors (Lipinski definition) is 3. The maximum atomic E-state index is 11.7. The predicted molar refractivity (Wildman–Crippen MR) is 77.8 cm³/mol. The molecule has 2 heterocycles. The molecule has 0 aromatic heterocycles. The number of piperidine rings is 1. The quantitative estimate of drug-likeness (QED) is 0.738. The van der Waals surface area contributed by atoms with Gasteiger partial charge in [-0.05, 0) is 63.7 Å². The summed E-state index contributed by atoms with van der Waals surface area (Å²) in [4.78, 5) is 16.3. The van der Waals surface area contributed by atoms with Gasteiger partial charge in [-0.15, -0.1) is 0 Å². The van der Waals surface area contributed by atoms with Gasteiger partial charge in [-0.25, -0.2) is 0 Å². The van der Waals surface area contributed by atoms with Crippen molar-refractivity contribution >= 4 is 5.91 Å². The van der Waals surface area contributed by atoms with Gasteiger partial charge >= 0.3 is 0 Å². The first-order valence-corrected chi connectivity index (χ1v) is 7.89. The van der Waals surface area contributed by atoms with E-state index in [1.165, 1.54) is 38.9 Å². The van der Waals surface area contributed by atoms with E-state index in [1.807, 2.05) is 4.90 Å². The summed E-state index contributed by atoms with van der Waals surface area (Å²) in [6.45, 7) is 8.54. The molecular weight excluding hydrogens is 238 g/mol. The summed E-state index contributed by atoms with van der Waals surface area (Å²) in [5, 5.41) is 0. The lowest BCUT2D eigenvalue weighted by atomic mass is 9.99. The SMILES string of the molecule is CC1CCN(CCCCN2CC(CN)CC2=O)CC1. The number of carbonyl (C=O) groups excluding carboxylic acids is 1. The first-order chi connectivity index (χ1) is 9.19. The van der Waals surface area contributed by atoms with Gasteiger partial charge in [0.1, 0.15) is 0 Å². The smallest absolute Gasteiger partial charge is 0.222 e. The standard InChI is InChI=1S/C15H29N3O/c1-13-4-8-17(9-5-13)6-2-3-7-18-12-14(11-16)10-15(18)19/h13-14H,2-12,16H2,1H3. The van der Waals surface area contributed by atoms with Crippen molar-refractivity contribution in [3.63, 3.8) is 0 Å². The number of hydrogen-bond donors (Lipinski definition) is 1. The minimum Gasteiger partial charge on any atom is -0.342 e. The Balaban J connectivity index is 1.56. The van der Waals surface area contributed by atoms with Crippen molar-refractivity contribution in [2.75, 3.05) is 39.3 Å². The van der Waals surface area contributed by atoms with E-state index in [-0.39, 0.29) is 0 Å². The molecule has 0 saturated carbocycles. The largest absolute Gasteiger partial charge is 0.342 e. The van der Waals surface area contributed by atoms with Gasteiger partial charge in [0.2, 0.25) is 5.91 Å². The highest BCUT2D eigenvalue weighted by molar-refractivity contribution is 5.78. The lowest BCUT2D eigenvalue weighted by Crippen LogP contribution is -2.34. The first-order valence-electron chi connectivity index (χ1n) is 7.89. The molecule has 2 aliphatic rings. The highest BCUT2D eigenvalue weighted by Crippen LogP contribution is 2.18. The highest BCUT2D eigenvalue weighted by Gasteiger charge is 2.27. The zero-order valence-electron chi connectivity index (χ0n) is 12.3. The number of carbonyl (C=O) groups is 1. The molecule has 2 rings (SSSR count). The van der Waals surface area contributed by atoms with Gasteiger partial charge in [-0.1, -0.05) is 6.92 Å². The van der Waals surface area contributed by atoms with Gasteiger partial charge in [-0.2, -0.15) is 0 Å². The third kappa shape index (κ3) is 4.46. The number of amides is 1. The average molecular weight is 267 g/mol. The Labute approximate surface area is 117 Å². The van der Waals surface area contributed by atoms with Crippen LogP contribution in [0.4, 0.5) is 0 Å². The van der Waals surface area contributed by atoms with Gasteiger partial charge in [0, 0.05) is 19.5 Å². The Hall–Kier alpha value is -0.610. The molecule has 0 aromatic carbocycles. The Kier molecular flexibility index (Phi) is 5.64. The van der Waals surface area contributed by atoms with Crippen LogP contribution < -0.4 is 5.73 Å². The Morgan fingerprint density at radius 1 is 1.21 bits per heavy atom. The Morgan fingerprint density at radius 2 is 1.89 bits per heavy atom. The molecule has 4 heteroatoms. The second kappa shape index (κ2) is 7.25. The third-order valence-electron chi connectivity index (χ3n) is 4.66. The maximum Gasteiger partial charge on any atom is 0.222 e. The zero-order chi connectivity index (χ0) is 13.7. The fourth-order valence-corrected chi connectivity index (χ4v) is 3.15. The van der Waals surface area contributed by atoms with Crippen LogP contribution in [0.25, 0.3) is 0 Å². The molecule has 2 N–H and O–H groups in total. The zero-order valence-corrected chi connectivity index (χ0v) is 12.3. The van der Waals surface area contributed by atoms with Crippen LogP contribution in [0.1, 0.15) is 39.0 Å². The molecule has 0 aromatic rings. The van der Waals surface area contributed by atoms with Gasteiger partial charge in [0.15, 0.2) is 0 Å². The van der Waals surface area contributed by atoms with Crippen LogP contribution >= 0.6 is 0 Å². The molecule has 1 amide bonds. The Morgan fingerprint density at radius 3 is 2.53 bits per heavy atom. The van der Waals surface area contributed by atoms with Gasteiger partial charge in [-0.3, -0.25) is 4.79 Å². The minimum atomic E-state index is 0.308. The van der Waals surface area contributed by atoms with E-state index in [0.29, 0.717) is 24.8 Å². The molecule has 1 unspecified atom stereocenters. The van der Waals surface area contributed by atoms with Gasteiger partial charge in [0.05, 0.1) is 0 Å². The second-order valence-corrected chi connectivity index (χ2v) is 6.38. The molecule has 4 nitrogen and oxygen atoms in total. The minimum absolute atomic E-state index is 0.308. The van der Waals surface area contributed by atoms with E-state index in [4.69, 9.17) is 5.73 Å². The summed E-state index contributed by atoms with van der Waals surface area (Å²) in [6, 6.07) is 0. The van der Waals surface area contributed by atoms with E-state index >= 15 is 0 Å². The van der Waals surface area contributed by atoms with Crippen LogP contribution in [0.2, 0.25) is 0 Å². The molecule has 110 valence electrons. The summed E-state index contributed by atoms with van der Waals surface area (Å²) in [7, 11) is 0. The van der Waals surface area contributed by atoms with Crippen molar-refractivity contribution in [2.45, 2.75) is 39.0 Å². The molecule has 2 saturated heterocycles. The summed E-state index contributed by atoms with van der Waals surface area (Å²) in [5.74, 6) is 1.62.